The molecule has 1 heterocycles. The molecule has 0 fully saturated rings. The minimum Gasteiger partial charge on any atom is -0.327 e. The molecule has 1 atom stereocenters. The molecule has 0 aliphatic carbocycles. The highest BCUT2D eigenvalue weighted by Crippen LogP contribution is 2.18. The maximum atomic E-state index is 12.1. The number of nitrogens with zero attached hydrogens (tertiary/aromatic N) is 2. The van der Waals surface area contributed by atoms with E-state index >= 15 is 0 Å². The highest BCUT2D eigenvalue weighted by molar-refractivity contribution is 5.88. The third-order valence-corrected chi connectivity index (χ3v) is 3.52. The first-order chi connectivity index (χ1) is 8.99. The van der Waals surface area contributed by atoms with E-state index < -0.39 is 0 Å². The molecule has 4 nitrogen and oxygen atoms in total. The number of aryl methyl sites for hydroxylation is 1. The number of Topliss-reactive ketones (excluding diaryl/α,β-unsaturated/α-hetero) is 1. The van der Waals surface area contributed by atoms with E-state index in [0.717, 1.165) is 16.6 Å². The van der Waals surface area contributed by atoms with Crippen LogP contribution in [0.2, 0.25) is 0 Å². The second-order valence-corrected chi connectivity index (χ2v) is 5.41. The van der Waals surface area contributed by atoms with E-state index in [9.17, 15) is 4.79 Å². The lowest BCUT2D eigenvalue weighted by molar-refractivity contribution is -0.119. The summed E-state index contributed by atoms with van der Waals surface area (Å²) >= 11 is 0. The van der Waals surface area contributed by atoms with Crippen LogP contribution in [0.25, 0.3) is 10.9 Å². The van der Waals surface area contributed by atoms with Gasteiger partial charge in [-0.15, -0.1) is 0 Å². The zero-order chi connectivity index (χ0) is 14.0. The highest BCUT2D eigenvalue weighted by atomic mass is 16.1. The topological polar surface area (TPSA) is 60.9 Å². The van der Waals surface area contributed by atoms with Gasteiger partial charge in [-0.05, 0) is 12.0 Å². The van der Waals surface area contributed by atoms with Crippen LogP contribution in [0.15, 0.2) is 24.3 Å². The number of benzene rings is 1. The lowest BCUT2D eigenvalue weighted by Crippen LogP contribution is -2.29. The van der Waals surface area contributed by atoms with Crippen molar-refractivity contribution in [1.29, 1.82) is 0 Å². The van der Waals surface area contributed by atoms with Gasteiger partial charge in [-0.25, -0.2) is 0 Å². The van der Waals surface area contributed by atoms with Gasteiger partial charge >= 0.3 is 0 Å². The fraction of sp³-hybridized carbons (Fsp3) is 0.467. The molecule has 1 aromatic carbocycles. The van der Waals surface area contributed by atoms with E-state index in [1.54, 1.807) is 0 Å². The maximum absolute atomic E-state index is 12.1. The van der Waals surface area contributed by atoms with Gasteiger partial charge in [0.25, 0.3) is 0 Å². The summed E-state index contributed by atoms with van der Waals surface area (Å²) in [7, 11) is 1.90. The lowest BCUT2D eigenvalue weighted by Gasteiger charge is -2.13. The van der Waals surface area contributed by atoms with Gasteiger partial charge in [-0.3, -0.25) is 9.48 Å². The van der Waals surface area contributed by atoms with Crippen molar-refractivity contribution in [2.75, 3.05) is 0 Å². The number of fused-ring (bicyclic) bond motifs is 1. The molecule has 2 N–H and O–H groups in total. The van der Waals surface area contributed by atoms with Crippen LogP contribution in [0.4, 0.5) is 0 Å². The predicted molar refractivity (Wildman–Crippen MR) is 76.9 cm³/mol. The van der Waals surface area contributed by atoms with E-state index in [-0.39, 0.29) is 11.8 Å². The van der Waals surface area contributed by atoms with Crippen molar-refractivity contribution in [3.8, 4) is 0 Å². The number of carbonyl (C=O) groups excluding carboxylic acids is 1. The number of carbonyl (C=O) groups is 1. The number of nitrogens with two attached hydrogens (primary N) is 1. The molecule has 1 aromatic heterocycles. The summed E-state index contributed by atoms with van der Waals surface area (Å²) in [5.41, 5.74) is 7.84. The van der Waals surface area contributed by atoms with Gasteiger partial charge < -0.3 is 5.73 Å². The van der Waals surface area contributed by atoms with E-state index in [1.807, 2.05) is 49.8 Å². The first-order valence-corrected chi connectivity index (χ1v) is 6.67. The van der Waals surface area contributed by atoms with Crippen molar-refractivity contribution in [3.63, 3.8) is 0 Å². The van der Waals surface area contributed by atoms with Gasteiger partial charge in [0.1, 0.15) is 5.78 Å². The molecule has 102 valence electrons. The minimum atomic E-state index is -0.0672. The second kappa shape index (κ2) is 5.53. The Balaban J connectivity index is 2.16. The Morgan fingerprint density at radius 2 is 2.05 bits per heavy atom. The molecule has 19 heavy (non-hydrogen) atoms. The number of hydrogen-bond acceptors (Lipinski definition) is 3. The second-order valence-electron chi connectivity index (χ2n) is 5.41. The monoisotopic (exact) mass is 259 g/mol. The zero-order valence-corrected chi connectivity index (χ0v) is 11.8. The maximum Gasteiger partial charge on any atom is 0.140 e. The fourth-order valence-electron chi connectivity index (χ4n) is 2.18. The van der Waals surface area contributed by atoms with Crippen LogP contribution in [-0.2, 0) is 18.3 Å². The molecule has 4 heteroatoms. The third kappa shape index (κ3) is 3.01. The van der Waals surface area contributed by atoms with E-state index in [0.29, 0.717) is 18.8 Å². The van der Waals surface area contributed by atoms with E-state index in [2.05, 4.69) is 5.10 Å². The highest BCUT2D eigenvalue weighted by Gasteiger charge is 2.16. The van der Waals surface area contributed by atoms with Gasteiger partial charge in [0.15, 0.2) is 0 Å². The van der Waals surface area contributed by atoms with Gasteiger partial charge in [0.05, 0.1) is 17.6 Å². The van der Waals surface area contributed by atoms with Crippen molar-refractivity contribution in [2.45, 2.75) is 32.7 Å². The van der Waals surface area contributed by atoms with Crippen LogP contribution >= 0.6 is 0 Å². The molecule has 0 saturated carbocycles. The van der Waals surface area contributed by atoms with Crippen LogP contribution in [0.1, 0.15) is 26.0 Å². The van der Waals surface area contributed by atoms with Gasteiger partial charge in [-0.2, -0.15) is 5.10 Å². The third-order valence-electron chi connectivity index (χ3n) is 3.52. The van der Waals surface area contributed by atoms with Crippen LogP contribution in [0.3, 0.4) is 0 Å². The van der Waals surface area contributed by atoms with Gasteiger partial charge in [-0.1, -0.05) is 32.0 Å². The molecular formula is C15H21N3O. The summed E-state index contributed by atoms with van der Waals surface area (Å²) in [6, 6.07) is 7.90. The van der Waals surface area contributed by atoms with Crippen LogP contribution in [-0.4, -0.2) is 21.6 Å². The number of ketones is 1. The summed E-state index contributed by atoms with van der Waals surface area (Å²) in [6.07, 6.45) is 0.782. The molecular weight excluding hydrogens is 238 g/mol. The normalized spacial score (nSPS) is 13.1. The minimum absolute atomic E-state index is 0.0672. The molecule has 0 radical (unpaired) electrons. The van der Waals surface area contributed by atoms with E-state index in [4.69, 9.17) is 5.73 Å². The number of aromatic nitrogens is 2. The predicted octanol–water partition coefficient (Wildman–Crippen LogP) is 2.06. The number of hydrogen-bond donors (Lipinski definition) is 1. The number of rotatable bonds is 5. The Hall–Kier alpha value is -1.68. The zero-order valence-electron chi connectivity index (χ0n) is 11.8. The average Bonchev–Trinajstić information content (AvgIpc) is 2.67. The summed E-state index contributed by atoms with van der Waals surface area (Å²) in [6.45, 7) is 4.07. The van der Waals surface area contributed by atoms with E-state index in [1.165, 1.54) is 0 Å². The van der Waals surface area contributed by atoms with Crippen molar-refractivity contribution in [2.24, 2.45) is 18.7 Å². The molecule has 0 spiro atoms. The first-order valence-electron chi connectivity index (χ1n) is 6.67. The molecule has 0 aliphatic heterocycles. The first kappa shape index (κ1) is 13.7. The van der Waals surface area contributed by atoms with Crippen LogP contribution < -0.4 is 5.73 Å². The van der Waals surface area contributed by atoms with Crippen molar-refractivity contribution < 1.29 is 4.79 Å². The summed E-state index contributed by atoms with van der Waals surface area (Å²) < 4.78 is 1.82. The van der Waals surface area contributed by atoms with Gasteiger partial charge in [0.2, 0.25) is 0 Å². The molecule has 0 amide bonds. The van der Waals surface area contributed by atoms with Crippen molar-refractivity contribution in [1.82, 2.24) is 9.78 Å². The number of para-hydroxylation sites is 1. The van der Waals surface area contributed by atoms with Gasteiger partial charge in [0, 0.05) is 24.9 Å². The standard InChI is InChI=1S/C15H21N3O/c1-10(2)13(16)8-11(19)9-14-12-6-4-5-7-15(12)18(3)17-14/h4-7,10,13H,8-9,16H2,1-3H3. The molecule has 2 rings (SSSR count). The quantitative estimate of drug-likeness (QED) is 0.894. The van der Waals surface area contributed by atoms with Crippen LogP contribution in [0.5, 0.6) is 0 Å². The molecule has 0 bridgehead atoms. The smallest absolute Gasteiger partial charge is 0.140 e. The Morgan fingerprint density at radius 3 is 2.74 bits per heavy atom. The molecule has 0 saturated heterocycles. The summed E-state index contributed by atoms with van der Waals surface area (Å²) in [5.74, 6) is 0.481. The van der Waals surface area contributed by atoms with Crippen LogP contribution in [0, 0.1) is 5.92 Å². The summed E-state index contributed by atoms with van der Waals surface area (Å²) in [5, 5.41) is 5.49. The van der Waals surface area contributed by atoms with Crippen molar-refractivity contribution >= 4 is 16.7 Å². The lowest BCUT2D eigenvalue weighted by atomic mass is 9.97. The largest absolute Gasteiger partial charge is 0.327 e. The SMILES string of the molecule is CC(C)C(N)CC(=O)Cc1nn(C)c2ccccc12. The Kier molecular flexibility index (Phi) is 4.00. The fourth-order valence-corrected chi connectivity index (χ4v) is 2.18. The average molecular weight is 259 g/mol. The summed E-state index contributed by atoms with van der Waals surface area (Å²) in [4.78, 5) is 12.1. The Morgan fingerprint density at radius 1 is 1.37 bits per heavy atom. The Labute approximate surface area is 113 Å². The molecule has 2 aromatic rings. The molecule has 0 aliphatic rings. The molecule has 1 unspecified atom stereocenters. The van der Waals surface area contributed by atoms with Crippen molar-refractivity contribution in [3.05, 3.63) is 30.0 Å². The Bertz CT molecular complexity index is 586.